The SMILES string of the molecule is O=C1C2CC=C3C(CC4C(=O)N(c5ccc(-c6nc7ccccc7o6)cc5)C(=O)C4C3c3cccc(F)c3O)C2C(=O)N1c1ccc(-c2nc3ccccc3o2)cc1. The highest BCUT2D eigenvalue weighted by Crippen LogP contribution is 2.59. The molecule has 7 aromatic rings. The summed E-state index contributed by atoms with van der Waals surface area (Å²) >= 11 is 0. The van der Waals surface area contributed by atoms with E-state index in [2.05, 4.69) is 9.97 Å². The maximum atomic E-state index is 15.1. The fraction of sp³-hybridized carbons (Fsp3) is 0.174. The van der Waals surface area contributed by atoms with Crippen molar-refractivity contribution >= 4 is 57.2 Å². The molecule has 5 aromatic carbocycles. The summed E-state index contributed by atoms with van der Waals surface area (Å²) in [5.41, 5.74) is 5.51. The van der Waals surface area contributed by atoms with E-state index in [4.69, 9.17) is 8.83 Å². The first kappa shape index (κ1) is 34.1. The maximum absolute atomic E-state index is 15.1. The van der Waals surface area contributed by atoms with Crippen molar-refractivity contribution in [2.75, 3.05) is 9.80 Å². The predicted octanol–water partition coefficient (Wildman–Crippen LogP) is 8.19. The average molecular weight is 771 g/mol. The molecular weight excluding hydrogens is 740 g/mol. The number of oxazole rings is 2. The first-order chi connectivity index (χ1) is 28.2. The first-order valence-electron chi connectivity index (χ1n) is 19.1. The van der Waals surface area contributed by atoms with Gasteiger partial charge in [0.25, 0.3) is 0 Å². The van der Waals surface area contributed by atoms with Gasteiger partial charge >= 0.3 is 0 Å². The van der Waals surface area contributed by atoms with Gasteiger partial charge in [-0.25, -0.2) is 14.4 Å². The van der Waals surface area contributed by atoms with Crippen molar-refractivity contribution < 1.29 is 37.5 Å². The Bertz CT molecular complexity index is 2850. The number of fused-ring (bicyclic) bond motifs is 6. The van der Waals surface area contributed by atoms with E-state index in [9.17, 15) is 24.3 Å². The molecule has 0 radical (unpaired) electrons. The van der Waals surface area contributed by atoms with Crippen LogP contribution in [0.15, 0.2) is 136 Å². The summed E-state index contributed by atoms with van der Waals surface area (Å²) in [5, 5.41) is 11.1. The summed E-state index contributed by atoms with van der Waals surface area (Å²) < 4.78 is 26.9. The molecule has 284 valence electrons. The number of imide groups is 2. The highest BCUT2D eigenvalue weighted by molar-refractivity contribution is 6.24. The van der Waals surface area contributed by atoms with Crippen molar-refractivity contribution in [3.05, 3.63) is 138 Å². The van der Waals surface area contributed by atoms with Crippen molar-refractivity contribution in [3.8, 4) is 28.7 Å². The summed E-state index contributed by atoms with van der Waals surface area (Å²) in [6, 6.07) is 32.5. The molecule has 6 unspecified atom stereocenters. The van der Waals surface area contributed by atoms with Crippen LogP contribution in [0.5, 0.6) is 5.75 Å². The molecule has 2 aromatic heterocycles. The number of amides is 4. The second-order valence-electron chi connectivity index (χ2n) is 15.3. The smallest absolute Gasteiger partial charge is 0.238 e. The van der Waals surface area contributed by atoms with Gasteiger partial charge in [-0.1, -0.05) is 48.0 Å². The Hall–Kier alpha value is -7.21. The van der Waals surface area contributed by atoms with Gasteiger partial charge in [0.1, 0.15) is 11.0 Å². The molecule has 2 aliphatic carbocycles. The Balaban J connectivity index is 0.932. The van der Waals surface area contributed by atoms with Crippen LogP contribution in [0.25, 0.3) is 45.1 Å². The second kappa shape index (κ2) is 12.7. The molecule has 4 amide bonds. The van der Waals surface area contributed by atoms with Crippen LogP contribution in [-0.4, -0.2) is 38.7 Å². The largest absolute Gasteiger partial charge is 0.505 e. The Morgan fingerprint density at radius 1 is 0.586 bits per heavy atom. The van der Waals surface area contributed by atoms with Crippen LogP contribution in [0.3, 0.4) is 0 Å². The van der Waals surface area contributed by atoms with E-state index in [-0.39, 0.29) is 24.3 Å². The third-order valence-electron chi connectivity index (χ3n) is 12.3. The molecule has 12 heteroatoms. The fourth-order valence-corrected chi connectivity index (χ4v) is 9.73. The molecule has 1 N–H and O–H groups in total. The van der Waals surface area contributed by atoms with Gasteiger partial charge in [0.05, 0.1) is 35.0 Å². The molecule has 4 heterocycles. The quantitative estimate of drug-likeness (QED) is 0.135. The molecule has 2 aliphatic heterocycles. The highest BCUT2D eigenvalue weighted by Gasteiger charge is 2.62. The van der Waals surface area contributed by atoms with Gasteiger partial charge in [0.15, 0.2) is 22.7 Å². The molecule has 2 saturated heterocycles. The van der Waals surface area contributed by atoms with E-state index in [0.29, 0.717) is 62.1 Å². The molecule has 6 atom stereocenters. The average Bonchev–Trinajstić information content (AvgIpc) is 4.00. The van der Waals surface area contributed by atoms with Gasteiger partial charge in [-0.05, 0) is 97.6 Å². The number of allylic oxidation sites excluding steroid dienone is 2. The molecule has 0 spiro atoms. The lowest BCUT2D eigenvalue weighted by molar-refractivity contribution is -0.126. The molecule has 0 bridgehead atoms. The summed E-state index contributed by atoms with van der Waals surface area (Å²) in [6.07, 6.45) is 2.18. The van der Waals surface area contributed by atoms with Crippen molar-refractivity contribution in [2.24, 2.45) is 29.6 Å². The van der Waals surface area contributed by atoms with E-state index in [1.165, 1.54) is 11.0 Å². The minimum atomic E-state index is -0.987. The number of para-hydroxylation sites is 5. The van der Waals surface area contributed by atoms with E-state index in [1.807, 2.05) is 54.6 Å². The predicted molar refractivity (Wildman–Crippen MR) is 209 cm³/mol. The van der Waals surface area contributed by atoms with Crippen molar-refractivity contribution in [1.29, 1.82) is 0 Å². The number of aromatic nitrogens is 2. The number of benzene rings is 5. The Morgan fingerprint density at radius 3 is 1.69 bits per heavy atom. The van der Waals surface area contributed by atoms with E-state index >= 15 is 4.39 Å². The third-order valence-corrected chi connectivity index (χ3v) is 12.3. The van der Waals surface area contributed by atoms with Crippen LogP contribution < -0.4 is 9.80 Å². The van der Waals surface area contributed by atoms with Crippen LogP contribution in [0, 0.1) is 35.4 Å². The number of phenols is 1. The van der Waals surface area contributed by atoms with E-state index in [0.717, 1.165) is 11.0 Å². The van der Waals surface area contributed by atoms with Crippen LogP contribution in [0.4, 0.5) is 15.8 Å². The van der Waals surface area contributed by atoms with Crippen LogP contribution in [0.2, 0.25) is 0 Å². The molecule has 11 rings (SSSR count). The number of hydrogen-bond acceptors (Lipinski definition) is 9. The zero-order chi connectivity index (χ0) is 39.4. The number of aromatic hydroxyl groups is 1. The Kier molecular flexibility index (Phi) is 7.43. The van der Waals surface area contributed by atoms with Gasteiger partial charge in [0, 0.05) is 22.6 Å². The number of halogens is 1. The first-order valence-corrected chi connectivity index (χ1v) is 19.1. The van der Waals surface area contributed by atoms with Crippen LogP contribution in [-0.2, 0) is 19.2 Å². The second-order valence-corrected chi connectivity index (χ2v) is 15.3. The minimum absolute atomic E-state index is 0.121. The summed E-state index contributed by atoms with van der Waals surface area (Å²) in [5.74, 6) is -7.42. The number of phenolic OH excluding ortho intramolecular Hbond substituents is 1. The summed E-state index contributed by atoms with van der Waals surface area (Å²) in [7, 11) is 0. The van der Waals surface area contributed by atoms with Crippen molar-refractivity contribution in [3.63, 3.8) is 0 Å². The molecule has 1 saturated carbocycles. The topological polar surface area (TPSA) is 147 Å². The van der Waals surface area contributed by atoms with E-state index < -0.39 is 64.8 Å². The number of hydrogen-bond donors (Lipinski definition) is 1. The summed E-state index contributed by atoms with van der Waals surface area (Å²) in [4.78, 5) is 69.2. The monoisotopic (exact) mass is 770 g/mol. The van der Waals surface area contributed by atoms with Crippen LogP contribution in [0.1, 0.15) is 24.3 Å². The fourth-order valence-electron chi connectivity index (χ4n) is 9.73. The van der Waals surface area contributed by atoms with Crippen LogP contribution >= 0.6 is 0 Å². The minimum Gasteiger partial charge on any atom is -0.505 e. The standard InChI is InChI=1S/C46H31FN4O7/c47-32-7-5-6-28(40(32)52)37-27-20-21-29-38(45(55)50(43(29)53)25-16-12-23(13-17-25)41-48-33-8-1-3-10-35(33)57-41)30(27)22-31-39(37)46(56)51(44(31)54)26-18-14-24(15-19-26)42-49-34-9-2-4-11-36(34)58-42/h1-20,29-31,37-39,52H,21-22H2. The number of rotatable bonds is 5. The summed E-state index contributed by atoms with van der Waals surface area (Å²) in [6.45, 7) is 0. The number of nitrogens with zero attached hydrogens (tertiary/aromatic N) is 4. The molecule has 58 heavy (non-hydrogen) atoms. The lowest BCUT2D eigenvalue weighted by Crippen LogP contribution is -2.43. The van der Waals surface area contributed by atoms with Gasteiger partial charge in [-0.2, -0.15) is 0 Å². The lowest BCUT2D eigenvalue weighted by atomic mass is 9.57. The third kappa shape index (κ3) is 4.97. The molecule has 3 fully saturated rings. The molecule has 4 aliphatic rings. The van der Waals surface area contributed by atoms with Crippen molar-refractivity contribution in [2.45, 2.75) is 18.8 Å². The van der Waals surface area contributed by atoms with E-state index in [1.54, 1.807) is 54.6 Å². The van der Waals surface area contributed by atoms with Gasteiger partial charge in [0.2, 0.25) is 35.4 Å². The lowest BCUT2D eigenvalue weighted by Gasteiger charge is -2.44. The zero-order valence-corrected chi connectivity index (χ0v) is 30.5. The maximum Gasteiger partial charge on any atom is 0.238 e. The Morgan fingerprint density at radius 2 is 1.12 bits per heavy atom. The number of anilines is 2. The van der Waals surface area contributed by atoms with Gasteiger partial charge in [-0.15, -0.1) is 0 Å². The number of carbonyl (C=O) groups excluding carboxylic acids is 4. The zero-order valence-electron chi connectivity index (χ0n) is 30.5. The number of carbonyl (C=O) groups is 4. The molecule has 11 nitrogen and oxygen atoms in total. The van der Waals surface area contributed by atoms with Crippen molar-refractivity contribution in [1.82, 2.24) is 9.97 Å². The Labute approximate surface area is 329 Å². The highest BCUT2D eigenvalue weighted by atomic mass is 19.1. The van der Waals surface area contributed by atoms with Gasteiger partial charge in [-0.3, -0.25) is 29.0 Å². The molecular formula is C46H31FN4O7. The normalized spacial score (nSPS) is 24.1. The van der Waals surface area contributed by atoms with Gasteiger partial charge < -0.3 is 13.9 Å².